The summed E-state index contributed by atoms with van der Waals surface area (Å²) in [6.07, 6.45) is 10.0. The molecule has 4 aromatic heterocycles. The molecule has 1 amide bonds. The summed E-state index contributed by atoms with van der Waals surface area (Å²) < 4.78 is 3.32. The second-order valence-corrected chi connectivity index (χ2v) is 5.92. The highest BCUT2D eigenvalue weighted by Gasteiger charge is 2.15. The largest absolute Gasteiger partial charge is 0.397 e. The lowest BCUT2D eigenvalue weighted by Gasteiger charge is -2.07. The lowest BCUT2D eigenvalue weighted by atomic mass is 10.2. The summed E-state index contributed by atoms with van der Waals surface area (Å²) in [6.45, 7) is 1.80. The number of nitrogens with two attached hydrogens (primary N) is 1. The Bertz CT molecular complexity index is 1130. The molecule has 0 spiro atoms. The minimum Gasteiger partial charge on any atom is -0.397 e. The number of nitrogen functional groups attached to an aromatic ring is 1. The van der Waals surface area contributed by atoms with Crippen molar-refractivity contribution in [2.24, 2.45) is 7.05 Å². The molecule has 9 nitrogen and oxygen atoms in total. The van der Waals surface area contributed by atoms with Crippen molar-refractivity contribution in [3.63, 3.8) is 0 Å². The summed E-state index contributed by atoms with van der Waals surface area (Å²) in [5.41, 5.74) is 10.1. The Hall–Kier alpha value is -3.75. The SMILES string of the molecule is Cc1ncc(N)cc1NC(=O)c1cnn2cc(-c3cnn(C)c3)ncc12. The van der Waals surface area contributed by atoms with Crippen LogP contribution in [0.25, 0.3) is 16.8 Å². The number of fused-ring (bicyclic) bond motifs is 1. The Labute approximate surface area is 148 Å². The highest BCUT2D eigenvalue weighted by Crippen LogP contribution is 2.20. The van der Waals surface area contributed by atoms with Crippen LogP contribution in [0.5, 0.6) is 0 Å². The number of hydrogen-bond donors (Lipinski definition) is 2. The fourth-order valence-electron chi connectivity index (χ4n) is 2.63. The molecule has 0 bridgehead atoms. The number of aryl methyl sites for hydroxylation is 2. The van der Waals surface area contributed by atoms with Crippen molar-refractivity contribution in [1.29, 1.82) is 0 Å². The van der Waals surface area contributed by atoms with E-state index in [1.54, 1.807) is 47.0 Å². The van der Waals surface area contributed by atoms with Gasteiger partial charge in [-0.05, 0) is 13.0 Å². The first kappa shape index (κ1) is 15.8. The first-order chi connectivity index (χ1) is 12.5. The molecule has 0 aliphatic rings. The van der Waals surface area contributed by atoms with Crippen LogP contribution < -0.4 is 11.1 Å². The van der Waals surface area contributed by atoms with Gasteiger partial charge in [-0.15, -0.1) is 0 Å². The zero-order valence-electron chi connectivity index (χ0n) is 14.2. The number of hydrogen-bond acceptors (Lipinski definition) is 6. The number of carbonyl (C=O) groups is 1. The van der Waals surface area contributed by atoms with Gasteiger partial charge in [0.25, 0.3) is 5.91 Å². The van der Waals surface area contributed by atoms with Crippen molar-refractivity contribution in [3.8, 4) is 11.3 Å². The molecular weight excluding hydrogens is 332 g/mol. The highest BCUT2D eigenvalue weighted by atomic mass is 16.1. The van der Waals surface area contributed by atoms with Crippen molar-refractivity contribution in [1.82, 2.24) is 29.4 Å². The zero-order chi connectivity index (χ0) is 18.3. The fraction of sp³-hybridized carbons (Fsp3) is 0.118. The first-order valence-electron chi connectivity index (χ1n) is 7.87. The standard InChI is InChI=1S/C17H16N8O/c1-10-14(3-12(18)5-19-10)23-17(26)13-6-22-25-9-15(20-7-16(13)25)11-4-21-24(2)8-11/h3-9H,18H2,1-2H3,(H,23,26). The minimum absolute atomic E-state index is 0.300. The molecule has 4 heterocycles. The van der Waals surface area contributed by atoms with E-state index in [9.17, 15) is 4.79 Å². The van der Waals surface area contributed by atoms with Crippen molar-refractivity contribution < 1.29 is 4.79 Å². The van der Waals surface area contributed by atoms with Crippen molar-refractivity contribution in [2.75, 3.05) is 11.1 Å². The first-order valence-corrected chi connectivity index (χ1v) is 7.87. The van der Waals surface area contributed by atoms with Gasteiger partial charge in [-0.25, -0.2) is 4.52 Å². The Morgan fingerprint density at radius 2 is 1.96 bits per heavy atom. The van der Waals surface area contributed by atoms with Gasteiger partial charge in [0.05, 0.1) is 64.8 Å². The number of nitrogens with zero attached hydrogens (tertiary/aromatic N) is 6. The average Bonchev–Trinajstić information content (AvgIpc) is 3.23. The van der Waals surface area contributed by atoms with Crippen molar-refractivity contribution in [2.45, 2.75) is 6.92 Å². The second-order valence-electron chi connectivity index (χ2n) is 5.92. The van der Waals surface area contributed by atoms with Gasteiger partial charge in [-0.3, -0.25) is 19.4 Å². The molecule has 0 atom stereocenters. The van der Waals surface area contributed by atoms with Crippen LogP contribution in [0, 0.1) is 6.92 Å². The molecule has 9 heteroatoms. The number of rotatable bonds is 3. The molecule has 26 heavy (non-hydrogen) atoms. The highest BCUT2D eigenvalue weighted by molar-refractivity contribution is 6.09. The Morgan fingerprint density at radius 1 is 1.12 bits per heavy atom. The summed E-state index contributed by atoms with van der Waals surface area (Å²) in [5.74, 6) is -0.300. The van der Waals surface area contributed by atoms with E-state index in [4.69, 9.17) is 5.73 Å². The van der Waals surface area contributed by atoms with Crippen molar-refractivity contribution >= 4 is 22.8 Å². The van der Waals surface area contributed by atoms with Gasteiger partial charge < -0.3 is 11.1 Å². The van der Waals surface area contributed by atoms with E-state index in [0.717, 1.165) is 11.3 Å². The summed E-state index contributed by atoms with van der Waals surface area (Å²) in [6, 6.07) is 1.67. The van der Waals surface area contributed by atoms with E-state index in [1.807, 2.05) is 13.2 Å². The van der Waals surface area contributed by atoms with Gasteiger partial charge in [-0.2, -0.15) is 10.2 Å². The predicted molar refractivity (Wildman–Crippen MR) is 96.5 cm³/mol. The normalized spacial score (nSPS) is 11.0. The third kappa shape index (κ3) is 2.75. The smallest absolute Gasteiger partial charge is 0.259 e. The number of anilines is 2. The quantitative estimate of drug-likeness (QED) is 0.582. The van der Waals surface area contributed by atoms with Crippen LogP contribution in [0.2, 0.25) is 0 Å². The van der Waals surface area contributed by atoms with E-state index in [-0.39, 0.29) is 5.91 Å². The van der Waals surface area contributed by atoms with Crippen LogP contribution in [0.3, 0.4) is 0 Å². The molecule has 0 unspecified atom stereocenters. The molecule has 0 saturated carbocycles. The van der Waals surface area contributed by atoms with Crippen LogP contribution in [-0.4, -0.2) is 35.3 Å². The van der Waals surface area contributed by atoms with Crippen LogP contribution >= 0.6 is 0 Å². The molecule has 3 N–H and O–H groups in total. The van der Waals surface area contributed by atoms with Crippen LogP contribution in [-0.2, 0) is 7.05 Å². The van der Waals surface area contributed by atoms with Gasteiger partial charge in [0, 0.05) is 18.8 Å². The molecule has 4 rings (SSSR count). The summed E-state index contributed by atoms with van der Waals surface area (Å²) in [4.78, 5) is 21.2. The maximum Gasteiger partial charge on any atom is 0.259 e. The lowest BCUT2D eigenvalue weighted by molar-refractivity contribution is 0.102. The van der Waals surface area contributed by atoms with E-state index in [1.165, 1.54) is 6.20 Å². The predicted octanol–water partition coefficient (Wildman–Crippen LogP) is 1.67. The molecule has 130 valence electrons. The number of aromatic nitrogens is 6. The number of amides is 1. The topological polar surface area (TPSA) is 116 Å². The van der Waals surface area contributed by atoms with Gasteiger partial charge in [0.1, 0.15) is 0 Å². The molecule has 0 saturated heterocycles. The molecule has 0 aliphatic heterocycles. The van der Waals surface area contributed by atoms with Gasteiger partial charge in [0.2, 0.25) is 0 Å². The van der Waals surface area contributed by atoms with Crippen molar-refractivity contribution in [3.05, 3.63) is 54.5 Å². The molecule has 0 aliphatic carbocycles. The molecular formula is C17H16N8O. The van der Waals surface area contributed by atoms with E-state index in [2.05, 4.69) is 25.5 Å². The average molecular weight is 348 g/mol. The molecule has 0 aromatic carbocycles. The Kier molecular flexibility index (Phi) is 3.61. The summed E-state index contributed by atoms with van der Waals surface area (Å²) in [7, 11) is 1.84. The monoisotopic (exact) mass is 348 g/mol. The van der Waals surface area contributed by atoms with Crippen LogP contribution in [0.1, 0.15) is 16.1 Å². The Morgan fingerprint density at radius 3 is 2.73 bits per heavy atom. The summed E-state index contributed by atoms with van der Waals surface area (Å²) >= 11 is 0. The number of carbonyl (C=O) groups excluding carboxylic acids is 1. The number of pyridine rings is 1. The van der Waals surface area contributed by atoms with E-state index < -0.39 is 0 Å². The lowest BCUT2D eigenvalue weighted by Crippen LogP contribution is -2.13. The van der Waals surface area contributed by atoms with Crippen LogP contribution in [0.4, 0.5) is 11.4 Å². The fourth-order valence-corrected chi connectivity index (χ4v) is 2.63. The molecule has 0 fully saturated rings. The molecule has 0 radical (unpaired) electrons. The van der Waals surface area contributed by atoms with Crippen LogP contribution in [0.15, 0.2) is 43.2 Å². The maximum absolute atomic E-state index is 12.6. The van der Waals surface area contributed by atoms with Gasteiger partial charge >= 0.3 is 0 Å². The third-order valence-electron chi connectivity index (χ3n) is 4.01. The van der Waals surface area contributed by atoms with Gasteiger partial charge in [-0.1, -0.05) is 0 Å². The Balaban J connectivity index is 1.66. The maximum atomic E-state index is 12.6. The second kappa shape index (κ2) is 5.96. The van der Waals surface area contributed by atoms with E-state index >= 15 is 0 Å². The molecule has 4 aromatic rings. The third-order valence-corrected chi connectivity index (χ3v) is 4.01. The minimum atomic E-state index is -0.300. The summed E-state index contributed by atoms with van der Waals surface area (Å²) in [5, 5.41) is 11.2. The number of nitrogens with one attached hydrogen (secondary N) is 1. The van der Waals surface area contributed by atoms with E-state index in [0.29, 0.717) is 28.1 Å². The zero-order valence-corrected chi connectivity index (χ0v) is 14.2. The van der Waals surface area contributed by atoms with Gasteiger partial charge in [0.15, 0.2) is 0 Å².